The fourth-order valence-corrected chi connectivity index (χ4v) is 6.71. The topological polar surface area (TPSA) is 101 Å². The van der Waals surface area contributed by atoms with Crippen LogP contribution in [0.2, 0.25) is 0 Å². The predicted molar refractivity (Wildman–Crippen MR) is 180 cm³/mol. The second kappa shape index (κ2) is 13.4. The third-order valence-electron chi connectivity index (χ3n) is 8.93. The van der Waals surface area contributed by atoms with Crippen molar-refractivity contribution < 1.29 is 45.1 Å². The summed E-state index contributed by atoms with van der Waals surface area (Å²) in [5.41, 5.74) is 4.01. The van der Waals surface area contributed by atoms with Crippen molar-refractivity contribution in [3.8, 4) is 34.1 Å². The molecule has 0 unspecified atom stereocenters. The fraction of sp³-hybridized carbons (Fsp3) is 0.184. The van der Waals surface area contributed by atoms with E-state index in [9.17, 15) is 45.6 Å². The lowest BCUT2D eigenvalue weighted by atomic mass is 10.00. The number of rotatable bonds is 3. The van der Waals surface area contributed by atoms with Crippen LogP contribution in [0.1, 0.15) is 38.5 Å². The molecule has 2 N–H and O–H groups in total. The van der Waals surface area contributed by atoms with E-state index in [0.717, 1.165) is 59.3 Å². The number of carbonyl (C=O) groups is 2. The number of carbonyl (C=O) groups excluding carboxylic acids is 2. The Morgan fingerprint density at radius 1 is 0.679 bits per heavy atom. The van der Waals surface area contributed by atoms with Gasteiger partial charge in [0.1, 0.15) is 23.0 Å². The Labute approximate surface area is 296 Å². The number of hydrogen-bond acceptors (Lipinski definition) is 4. The van der Waals surface area contributed by atoms with E-state index in [-0.39, 0.29) is 34.5 Å². The standard InChI is InChI=1S/C19H12F6N2O2.C19H14FN3O/c20-18(21,22)12-3-1-10(2-4-12)14-9-13(29-19(23,24)25)7-11-8-15-17(28)26-5-6-27(15)16(11)14;20-15-4-2-13(3-5-15)16-9-12(11-21)8-14-10-17-19(24)22-6-1-7-23(17)18(14)16/h1-4,7-9H,5-6H2,(H,26,28);2-5,8-10H,1,6-7H2,(H,22,24). The van der Waals surface area contributed by atoms with E-state index in [4.69, 9.17) is 0 Å². The molecule has 8 rings (SSSR count). The zero-order chi connectivity index (χ0) is 37.7. The summed E-state index contributed by atoms with van der Waals surface area (Å²) < 4.78 is 97.7. The van der Waals surface area contributed by atoms with Gasteiger partial charge in [0.2, 0.25) is 0 Å². The van der Waals surface area contributed by atoms with Crippen LogP contribution in [0.5, 0.6) is 5.75 Å². The number of aryl methyl sites for hydroxylation is 1. The molecule has 53 heavy (non-hydrogen) atoms. The van der Waals surface area contributed by atoms with Crippen molar-refractivity contribution in [2.24, 2.45) is 0 Å². The predicted octanol–water partition coefficient (Wildman–Crippen LogP) is 8.42. The minimum absolute atomic E-state index is 0.104. The van der Waals surface area contributed by atoms with E-state index < -0.39 is 23.9 Å². The first-order valence-corrected chi connectivity index (χ1v) is 16.2. The first kappa shape index (κ1) is 35.1. The number of halogens is 7. The number of aromatic nitrogens is 2. The number of nitriles is 1. The molecule has 0 saturated carbocycles. The van der Waals surface area contributed by atoms with Crippen LogP contribution in [-0.4, -0.2) is 40.4 Å². The average molecular weight is 734 g/mol. The highest BCUT2D eigenvalue weighted by Gasteiger charge is 2.33. The minimum atomic E-state index is -4.94. The van der Waals surface area contributed by atoms with Gasteiger partial charge in [0.25, 0.3) is 11.8 Å². The quantitative estimate of drug-likeness (QED) is 0.179. The van der Waals surface area contributed by atoms with Gasteiger partial charge in [0, 0.05) is 48.1 Å². The number of nitrogens with one attached hydrogen (secondary N) is 2. The summed E-state index contributed by atoms with van der Waals surface area (Å²) in [6.07, 6.45) is -8.64. The van der Waals surface area contributed by atoms with Gasteiger partial charge >= 0.3 is 12.5 Å². The molecular weight excluding hydrogens is 707 g/mol. The molecule has 6 aromatic rings. The lowest BCUT2D eigenvalue weighted by Crippen LogP contribution is -2.34. The molecule has 2 aromatic heterocycles. The average Bonchev–Trinajstić information content (AvgIpc) is 3.62. The Hall–Kier alpha value is -6.30. The van der Waals surface area contributed by atoms with Gasteiger partial charge in [-0.05, 0) is 78.2 Å². The first-order chi connectivity index (χ1) is 25.2. The monoisotopic (exact) mass is 733 g/mol. The molecule has 15 heteroatoms. The zero-order valence-electron chi connectivity index (χ0n) is 27.3. The summed E-state index contributed by atoms with van der Waals surface area (Å²) in [6, 6.07) is 21.5. The number of nitrogens with zero attached hydrogens (tertiary/aromatic N) is 3. The summed E-state index contributed by atoms with van der Waals surface area (Å²) >= 11 is 0. The largest absolute Gasteiger partial charge is 0.573 e. The van der Waals surface area contributed by atoms with E-state index in [0.29, 0.717) is 41.8 Å². The van der Waals surface area contributed by atoms with Crippen molar-refractivity contribution >= 4 is 33.6 Å². The number of fused-ring (bicyclic) bond motifs is 6. The van der Waals surface area contributed by atoms with Crippen molar-refractivity contribution in [1.29, 1.82) is 5.26 Å². The van der Waals surface area contributed by atoms with Gasteiger partial charge in [0.05, 0.1) is 28.2 Å². The summed E-state index contributed by atoms with van der Waals surface area (Å²) in [4.78, 5) is 24.4. The molecule has 0 spiro atoms. The number of alkyl halides is 6. The van der Waals surface area contributed by atoms with Crippen LogP contribution < -0.4 is 15.4 Å². The number of benzene rings is 4. The van der Waals surface area contributed by atoms with E-state index >= 15 is 0 Å². The molecule has 0 bridgehead atoms. The summed E-state index contributed by atoms with van der Waals surface area (Å²) in [5.74, 6) is -1.32. The van der Waals surface area contributed by atoms with Crippen LogP contribution in [0.15, 0.2) is 84.9 Å². The van der Waals surface area contributed by atoms with Crippen molar-refractivity contribution in [3.63, 3.8) is 0 Å². The van der Waals surface area contributed by atoms with Crippen LogP contribution in [0.3, 0.4) is 0 Å². The van der Waals surface area contributed by atoms with Crippen molar-refractivity contribution in [2.75, 3.05) is 13.1 Å². The van der Waals surface area contributed by atoms with Gasteiger partial charge in [-0.1, -0.05) is 24.3 Å². The van der Waals surface area contributed by atoms with Crippen LogP contribution in [0.4, 0.5) is 30.7 Å². The Balaban J connectivity index is 0.000000167. The van der Waals surface area contributed by atoms with Crippen LogP contribution in [0, 0.1) is 17.1 Å². The third kappa shape index (κ3) is 6.99. The Kier molecular flexibility index (Phi) is 8.85. The van der Waals surface area contributed by atoms with Gasteiger partial charge in [-0.25, -0.2) is 4.39 Å². The molecule has 2 amide bonds. The maximum Gasteiger partial charge on any atom is 0.573 e. The summed E-state index contributed by atoms with van der Waals surface area (Å²) in [6.45, 7) is 2.06. The molecule has 0 fully saturated rings. The van der Waals surface area contributed by atoms with Crippen LogP contribution in [0.25, 0.3) is 44.1 Å². The molecule has 0 aliphatic carbocycles. The summed E-state index contributed by atoms with van der Waals surface area (Å²) in [7, 11) is 0. The molecule has 0 atom stereocenters. The van der Waals surface area contributed by atoms with E-state index in [2.05, 4.69) is 21.4 Å². The molecule has 8 nitrogen and oxygen atoms in total. The highest BCUT2D eigenvalue weighted by molar-refractivity contribution is 6.05. The van der Waals surface area contributed by atoms with E-state index in [1.807, 2.05) is 10.6 Å². The van der Waals surface area contributed by atoms with Gasteiger partial charge in [-0.2, -0.15) is 18.4 Å². The van der Waals surface area contributed by atoms with E-state index in [1.54, 1.807) is 28.8 Å². The summed E-state index contributed by atoms with van der Waals surface area (Å²) in [5, 5.41) is 16.0. The van der Waals surface area contributed by atoms with Crippen molar-refractivity contribution in [3.05, 3.63) is 113 Å². The normalized spacial score (nSPS) is 14.3. The minimum Gasteiger partial charge on any atom is -0.406 e. The van der Waals surface area contributed by atoms with Crippen molar-refractivity contribution in [1.82, 2.24) is 19.8 Å². The highest BCUT2D eigenvalue weighted by atomic mass is 19.4. The molecule has 4 aromatic carbocycles. The van der Waals surface area contributed by atoms with Gasteiger partial charge in [-0.3, -0.25) is 9.59 Å². The third-order valence-corrected chi connectivity index (χ3v) is 8.93. The Morgan fingerprint density at radius 3 is 1.81 bits per heavy atom. The van der Waals surface area contributed by atoms with Crippen LogP contribution in [-0.2, 0) is 19.3 Å². The maximum absolute atomic E-state index is 13.3. The molecule has 2 aliphatic rings. The maximum atomic E-state index is 13.3. The van der Waals surface area contributed by atoms with Gasteiger partial charge in [0.15, 0.2) is 0 Å². The highest BCUT2D eigenvalue weighted by Crippen LogP contribution is 2.39. The number of hydrogen-bond donors (Lipinski definition) is 2. The smallest absolute Gasteiger partial charge is 0.406 e. The first-order valence-electron chi connectivity index (χ1n) is 16.2. The molecule has 0 radical (unpaired) electrons. The van der Waals surface area contributed by atoms with Gasteiger partial charge < -0.3 is 24.5 Å². The van der Waals surface area contributed by atoms with Crippen molar-refractivity contribution in [2.45, 2.75) is 32.0 Å². The second-order valence-electron chi connectivity index (χ2n) is 12.3. The zero-order valence-corrected chi connectivity index (χ0v) is 27.3. The second-order valence-corrected chi connectivity index (χ2v) is 12.3. The lowest BCUT2D eigenvalue weighted by molar-refractivity contribution is -0.274. The lowest BCUT2D eigenvalue weighted by Gasteiger charge is -2.19. The molecule has 0 saturated heterocycles. The number of ether oxygens (including phenoxy) is 1. The van der Waals surface area contributed by atoms with E-state index in [1.165, 1.54) is 30.3 Å². The molecular formula is C38H26F7N5O3. The molecule has 4 heterocycles. The SMILES string of the molecule is N#Cc1cc(-c2ccc(F)cc2)c2c(c1)cc1n2CCCNC1=O.O=C1NCCn2c1cc1cc(OC(F)(F)F)cc(-c3ccc(C(F)(F)F)cc3)c12. The Morgan fingerprint density at radius 2 is 1.23 bits per heavy atom. The Bertz CT molecular complexity index is 2440. The molecule has 270 valence electrons. The van der Waals surface area contributed by atoms with Gasteiger partial charge in [-0.15, -0.1) is 13.2 Å². The fourth-order valence-electron chi connectivity index (χ4n) is 6.71. The van der Waals surface area contributed by atoms with Crippen LogP contribution >= 0.6 is 0 Å². The molecule has 2 aliphatic heterocycles. The number of amides is 2.